The molecule has 2 atom stereocenters. The lowest BCUT2D eigenvalue weighted by molar-refractivity contribution is -0.161. The zero-order chi connectivity index (χ0) is 42.5. The Balaban J connectivity index is 3.91. The summed E-state index contributed by atoms with van der Waals surface area (Å²) in [4.78, 5) is 34.8. The fraction of sp³-hybridized carbons (Fsp3) is 0.878. The van der Waals surface area contributed by atoms with Crippen molar-refractivity contribution in [2.24, 2.45) is 0 Å². The molecule has 0 amide bonds. The average molecular weight is 841 g/mol. The van der Waals surface area contributed by atoms with Gasteiger partial charge in [-0.15, -0.1) is 0 Å². The molecule has 0 radical (unpaired) electrons. The second-order valence-electron chi connectivity index (χ2n) is 16.5. The highest BCUT2D eigenvalue weighted by atomic mass is 31.2. The minimum atomic E-state index is -4.28. The molecule has 0 aromatic heterocycles. The number of phosphoric ester groups is 1. The van der Waals surface area contributed by atoms with Gasteiger partial charge in [0.1, 0.15) is 6.61 Å². The summed E-state index contributed by atoms with van der Waals surface area (Å²) >= 11 is 0. The maximum absolute atomic E-state index is 12.6. The molecule has 8 nitrogen and oxygen atoms in total. The van der Waals surface area contributed by atoms with Crippen LogP contribution >= 0.6 is 7.82 Å². The Morgan fingerprint density at radius 2 is 0.845 bits per heavy atom. The van der Waals surface area contributed by atoms with Crippen LogP contribution in [0.15, 0.2) is 24.3 Å². The summed E-state index contributed by atoms with van der Waals surface area (Å²) in [6, 6.07) is 0. The Morgan fingerprint density at radius 1 is 0.466 bits per heavy atom. The van der Waals surface area contributed by atoms with Crippen molar-refractivity contribution in [1.29, 1.82) is 0 Å². The Bertz CT molecular complexity index is 999. The van der Waals surface area contributed by atoms with Crippen molar-refractivity contribution in [3.8, 4) is 0 Å². The van der Waals surface area contributed by atoms with E-state index in [2.05, 4.69) is 38.2 Å². The van der Waals surface area contributed by atoms with E-state index in [1.165, 1.54) is 148 Å². The number of hydrogen-bond donors (Lipinski definition) is 1. The lowest BCUT2D eigenvalue weighted by Crippen LogP contribution is -2.29. The maximum Gasteiger partial charge on any atom is 0.472 e. The van der Waals surface area contributed by atoms with Gasteiger partial charge in [-0.1, -0.05) is 218 Å². The van der Waals surface area contributed by atoms with Gasteiger partial charge in [0.05, 0.1) is 13.2 Å². The summed E-state index contributed by atoms with van der Waals surface area (Å²) < 4.78 is 32.7. The molecule has 0 saturated heterocycles. The maximum atomic E-state index is 12.6. The van der Waals surface area contributed by atoms with Crippen LogP contribution in [0, 0.1) is 0 Å². The topological polar surface area (TPSA) is 108 Å². The predicted molar refractivity (Wildman–Crippen MR) is 244 cm³/mol. The molecule has 58 heavy (non-hydrogen) atoms. The molecular weight excluding hydrogens is 748 g/mol. The summed E-state index contributed by atoms with van der Waals surface area (Å²) in [6.07, 6.45) is 51.1. The van der Waals surface area contributed by atoms with Crippen LogP contribution < -0.4 is 0 Å². The van der Waals surface area contributed by atoms with Gasteiger partial charge in [0.25, 0.3) is 0 Å². The fourth-order valence-electron chi connectivity index (χ4n) is 7.12. The second kappa shape index (κ2) is 45.1. The van der Waals surface area contributed by atoms with Crippen LogP contribution in [0.1, 0.15) is 252 Å². The Kier molecular flexibility index (Phi) is 43.9. The first-order chi connectivity index (χ1) is 28.3. The molecule has 1 N–H and O–H groups in total. The third-order valence-electron chi connectivity index (χ3n) is 10.8. The lowest BCUT2D eigenvalue weighted by Gasteiger charge is -2.19. The first-order valence-electron chi connectivity index (χ1n) is 24.6. The zero-order valence-corrected chi connectivity index (χ0v) is 39.1. The highest BCUT2D eigenvalue weighted by molar-refractivity contribution is 7.47. The number of carbonyl (C=O) groups is 2. The number of carbonyl (C=O) groups excluding carboxylic acids is 2. The molecule has 0 heterocycles. The van der Waals surface area contributed by atoms with Gasteiger partial charge in [-0.25, -0.2) is 4.57 Å². The van der Waals surface area contributed by atoms with Crippen LogP contribution in [0.2, 0.25) is 0 Å². The van der Waals surface area contributed by atoms with Gasteiger partial charge in [-0.3, -0.25) is 18.6 Å². The molecule has 2 unspecified atom stereocenters. The molecule has 0 aromatic carbocycles. The second-order valence-corrected chi connectivity index (χ2v) is 17.9. The Labute approximate surface area is 358 Å². The normalized spacial score (nSPS) is 13.4. The molecule has 0 bridgehead atoms. The standard InChI is InChI=1S/C49H93O8P/c1-4-7-9-11-13-15-17-19-21-22-23-24-25-26-27-28-29-30-32-33-35-37-39-41-43-48(50)54-45-47(46-56-58(52,53)55-6-3)57-49(51)44-42-40-38-36-34-31-20-18-16-14-12-10-8-5-2/h12,14,18,20,47H,4-11,13,15-17,19,21-46H2,1-3H3,(H,52,53)/b14-12-,20-18-. The number of hydrogen-bond acceptors (Lipinski definition) is 7. The largest absolute Gasteiger partial charge is 0.472 e. The molecule has 0 spiro atoms. The van der Waals surface area contributed by atoms with Crippen LogP contribution in [0.5, 0.6) is 0 Å². The smallest absolute Gasteiger partial charge is 0.462 e. The molecule has 0 fully saturated rings. The van der Waals surface area contributed by atoms with E-state index in [1.54, 1.807) is 6.92 Å². The quantitative estimate of drug-likeness (QED) is 0.0279. The monoisotopic (exact) mass is 841 g/mol. The van der Waals surface area contributed by atoms with E-state index in [9.17, 15) is 19.0 Å². The van der Waals surface area contributed by atoms with Gasteiger partial charge in [-0.05, 0) is 45.4 Å². The summed E-state index contributed by atoms with van der Waals surface area (Å²) in [5, 5.41) is 0. The van der Waals surface area contributed by atoms with Crippen molar-refractivity contribution < 1.29 is 37.6 Å². The number of rotatable bonds is 46. The van der Waals surface area contributed by atoms with E-state index in [4.69, 9.17) is 18.5 Å². The van der Waals surface area contributed by atoms with Gasteiger partial charge in [0.15, 0.2) is 6.10 Å². The van der Waals surface area contributed by atoms with E-state index >= 15 is 0 Å². The van der Waals surface area contributed by atoms with Crippen LogP contribution in [-0.4, -0.2) is 42.8 Å². The fourth-order valence-corrected chi connectivity index (χ4v) is 7.87. The minimum Gasteiger partial charge on any atom is -0.462 e. The number of unbranched alkanes of at least 4 members (excludes halogenated alkanes) is 30. The molecule has 0 aliphatic rings. The van der Waals surface area contributed by atoms with E-state index in [0.29, 0.717) is 12.8 Å². The van der Waals surface area contributed by atoms with Gasteiger partial charge in [0, 0.05) is 12.8 Å². The molecule has 342 valence electrons. The number of ether oxygens (including phenoxy) is 2. The number of esters is 2. The number of allylic oxidation sites excluding steroid dienone is 4. The first-order valence-corrected chi connectivity index (χ1v) is 26.1. The first kappa shape index (κ1) is 56.5. The summed E-state index contributed by atoms with van der Waals surface area (Å²) in [6.45, 7) is 5.46. The molecular formula is C49H93O8P. The molecule has 0 aliphatic heterocycles. The Hall–Kier alpha value is -1.47. The highest BCUT2D eigenvalue weighted by Gasteiger charge is 2.25. The van der Waals surface area contributed by atoms with Gasteiger partial charge >= 0.3 is 19.8 Å². The highest BCUT2D eigenvalue weighted by Crippen LogP contribution is 2.43. The third kappa shape index (κ3) is 44.1. The summed E-state index contributed by atoms with van der Waals surface area (Å²) in [7, 11) is -4.28. The van der Waals surface area contributed by atoms with Gasteiger partial charge in [0.2, 0.25) is 0 Å². The minimum absolute atomic E-state index is 0.000434. The van der Waals surface area contributed by atoms with Crippen molar-refractivity contribution >= 4 is 19.8 Å². The third-order valence-corrected chi connectivity index (χ3v) is 11.8. The predicted octanol–water partition coefficient (Wildman–Crippen LogP) is 15.8. The van der Waals surface area contributed by atoms with Gasteiger partial charge < -0.3 is 14.4 Å². The molecule has 9 heteroatoms. The molecule has 0 aromatic rings. The zero-order valence-electron chi connectivity index (χ0n) is 38.2. The Morgan fingerprint density at radius 3 is 1.28 bits per heavy atom. The van der Waals surface area contributed by atoms with E-state index < -0.39 is 26.5 Å². The van der Waals surface area contributed by atoms with Crippen molar-refractivity contribution in [1.82, 2.24) is 0 Å². The molecule has 0 saturated carbocycles. The summed E-state index contributed by atoms with van der Waals surface area (Å²) in [5.41, 5.74) is 0. The van der Waals surface area contributed by atoms with E-state index in [-0.39, 0.29) is 25.6 Å². The average Bonchev–Trinajstić information content (AvgIpc) is 3.20. The van der Waals surface area contributed by atoms with Crippen molar-refractivity contribution in [2.75, 3.05) is 19.8 Å². The SMILES string of the molecule is CCCC/C=C\C/C=C\CCCCCCCC(=O)OC(COC(=O)CCCCCCCCCCCCCCCCCCCCCCCCCC)COP(=O)(O)OCC. The van der Waals surface area contributed by atoms with Crippen molar-refractivity contribution in [3.63, 3.8) is 0 Å². The van der Waals surface area contributed by atoms with Crippen molar-refractivity contribution in [3.05, 3.63) is 24.3 Å². The summed E-state index contributed by atoms with van der Waals surface area (Å²) in [5.74, 6) is -0.802. The molecule has 0 rings (SSSR count). The van der Waals surface area contributed by atoms with Crippen molar-refractivity contribution in [2.45, 2.75) is 258 Å². The van der Waals surface area contributed by atoms with Gasteiger partial charge in [-0.2, -0.15) is 0 Å². The van der Waals surface area contributed by atoms with Crippen LogP contribution in [0.25, 0.3) is 0 Å². The van der Waals surface area contributed by atoms with E-state index in [1.807, 2.05) is 0 Å². The molecule has 0 aliphatic carbocycles. The van der Waals surface area contributed by atoms with E-state index in [0.717, 1.165) is 64.2 Å². The van der Waals surface area contributed by atoms with Crippen LogP contribution in [0.4, 0.5) is 0 Å². The number of phosphoric acid groups is 1. The lowest BCUT2D eigenvalue weighted by atomic mass is 10.0. The van der Waals surface area contributed by atoms with Crippen LogP contribution in [0.3, 0.4) is 0 Å². The van der Waals surface area contributed by atoms with Crippen LogP contribution in [-0.2, 0) is 32.7 Å².